The third-order valence-electron chi connectivity index (χ3n) is 3.49. The maximum Gasteiger partial charge on any atom is 0.00913 e. The molecule has 2 rings (SSSR count). The van der Waals surface area contributed by atoms with Crippen molar-refractivity contribution in [3.8, 4) is 0 Å². The molecule has 1 aliphatic carbocycles. The van der Waals surface area contributed by atoms with Gasteiger partial charge >= 0.3 is 0 Å². The minimum Gasteiger partial charge on any atom is -0.317 e. The van der Waals surface area contributed by atoms with Crippen LogP contribution in [0.5, 0.6) is 0 Å². The summed E-state index contributed by atoms with van der Waals surface area (Å²) in [6, 6.07) is 0.794. The third kappa shape index (κ3) is 2.96. The lowest BCUT2D eigenvalue weighted by Crippen LogP contribution is -2.41. The van der Waals surface area contributed by atoms with Crippen LogP contribution in [-0.4, -0.2) is 25.7 Å². The second kappa shape index (κ2) is 4.43. The highest BCUT2D eigenvalue weighted by Crippen LogP contribution is 2.36. The topological polar surface area (TPSA) is 24.1 Å². The Morgan fingerprint density at radius 2 is 1.92 bits per heavy atom. The fraction of sp³-hybridized carbons (Fsp3) is 1.00. The van der Waals surface area contributed by atoms with Crippen LogP contribution in [0.3, 0.4) is 0 Å². The number of hydrogen-bond acceptors (Lipinski definition) is 2. The molecule has 2 N–H and O–H groups in total. The number of piperidine rings is 1. The van der Waals surface area contributed by atoms with Gasteiger partial charge in [0, 0.05) is 6.04 Å². The van der Waals surface area contributed by atoms with Crippen molar-refractivity contribution in [3.63, 3.8) is 0 Å². The standard InChI is InChI=1S/C11H22N2/c1-9(10-2-3-10)8-13-11-4-6-12-7-5-11/h9-13H,2-8H2,1H3. The summed E-state index contributed by atoms with van der Waals surface area (Å²) in [6.45, 7) is 6.05. The Hall–Kier alpha value is -0.0800. The van der Waals surface area contributed by atoms with E-state index in [0.29, 0.717) is 0 Å². The van der Waals surface area contributed by atoms with Crippen LogP contribution >= 0.6 is 0 Å². The van der Waals surface area contributed by atoms with Crippen LogP contribution in [0.15, 0.2) is 0 Å². The van der Waals surface area contributed by atoms with Gasteiger partial charge in [0.2, 0.25) is 0 Å². The first-order valence-electron chi connectivity index (χ1n) is 5.80. The third-order valence-corrected chi connectivity index (χ3v) is 3.49. The van der Waals surface area contributed by atoms with Gasteiger partial charge in [0.25, 0.3) is 0 Å². The van der Waals surface area contributed by atoms with Crippen LogP contribution in [-0.2, 0) is 0 Å². The molecule has 0 amide bonds. The molecule has 2 fully saturated rings. The van der Waals surface area contributed by atoms with Crippen molar-refractivity contribution < 1.29 is 0 Å². The summed E-state index contributed by atoms with van der Waals surface area (Å²) in [5, 5.41) is 7.10. The minimum absolute atomic E-state index is 0.794. The molecular formula is C11H22N2. The summed E-state index contributed by atoms with van der Waals surface area (Å²) in [5.74, 6) is 1.96. The summed E-state index contributed by atoms with van der Waals surface area (Å²) >= 11 is 0. The fourth-order valence-electron chi connectivity index (χ4n) is 2.21. The van der Waals surface area contributed by atoms with E-state index in [1.165, 1.54) is 45.3 Å². The second-order valence-corrected chi connectivity index (χ2v) is 4.75. The van der Waals surface area contributed by atoms with Crippen LogP contribution in [0, 0.1) is 11.8 Å². The molecular weight excluding hydrogens is 160 g/mol. The fourth-order valence-corrected chi connectivity index (χ4v) is 2.21. The second-order valence-electron chi connectivity index (χ2n) is 4.75. The smallest absolute Gasteiger partial charge is 0.00913 e. The summed E-state index contributed by atoms with van der Waals surface area (Å²) in [6.07, 6.45) is 5.60. The molecule has 0 spiro atoms. The van der Waals surface area contributed by atoms with Crippen molar-refractivity contribution in [1.29, 1.82) is 0 Å². The number of nitrogens with one attached hydrogen (secondary N) is 2. The van der Waals surface area contributed by atoms with Gasteiger partial charge in [-0.1, -0.05) is 6.92 Å². The quantitative estimate of drug-likeness (QED) is 0.686. The molecule has 1 heterocycles. The molecule has 0 bridgehead atoms. The average molecular weight is 182 g/mol. The lowest BCUT2D eigenvalue weighted by atomic mass is 10.0. The van der Waals surface area contributed by atoms with Crippen molar-refractivity contribution in [2.75, 3.05) is 19.6 Å². The first kappa shape index (κ1) is 9.47. The lowest BCUT2D eigenvalue weighted by molar-refractivity contribution is 0.352. The van der Waals surface area contributed by atoms with E-state index in [1.54, 1.807) is 0 Å². The van der Waals surface area contributed by atoms with Crippen molar-refractivity contribution >= 4 is 0 Å². The Morgan fingerprint density at radius 1 is 1.23 bits per heavy atom. The van der Waals surface area contributed by atoms with Crippen LogP contribution < -0.4 is 10.6 Å². The molecule has 1 saturated heterocycles. The summed E-state index contributed by atoms with van der Waals surface area (Å²) in [7, 11) is 0. The van der Waals surface area contributed by atoms with Crippen LogP contribution in [0.25, 0.3) is 0 Å². The predicted octanol–water partition coefficient (Wildman–Crippen LogP) is 1.37. The molecule has 1 saturated carbocycles. The van der Waals surface area contributed by atoms with E-state index in [1.807, 2.05) is 0 Å². The van der Waals surface area contributed by atoms with Gasteiger partial charge in [0.15, 0.2) is 0 Å². The van der Waals surface area contributed by atoms with E-state index < -0.39 is 0 Å². The van der Waals surface area contributed by atoms with E-state index >= 15 is 0 Å². The average Bonchev–Trinajstić information content (AvgIpc) is 2.99. The van der Waals surface area contributed by atoms with Crippen LogP contribution in [0.4, 0.5) is 0 Å². The summed E-state index contributed by atoms with van der Waals surface area (Å²) in [4.78, 5) is 0. The SMILES string of the molecule is CC(CNC1CCNCC1)C1CC1. The Kier molecular flexibility index (Phi) is 3.23. The zero-order valence-corrected chi connectivity index (χ0v) is 8.68. The molecule has 2 nitrogen and oxygen atoms in total. The van der Waals surface area contributed by atoms with Gasteiger partial charge in [0.05, 0.1) is 0 Å². The van der Waals surface area contributed by atoms with Gasteiger partial charge < -0.3 is 10.6 Å². The van der Waals surface area contributed by atoms with E-state index in [0.717, 1.165) is 17.9 Å². The van der Waals surface area contributed by atoms with Crippen molar-refractivity contribution in [2.45, 2.75) is 38.6 Å². The van der Waals surface area contributed by atoms with Gasteiger partial charge in [-0.3, -0.25) is 0 Å². The van der Waals surface area contributed by atoms with Gasteiger partial charge in [-0.15, -0.1) is 0 Å². The van der Waals surface area contributed by atoms with Crippen molar-refractivity contribution in [1.82, 2.24) is 10.6 Å². The van der Waals surface area contributed by atoms with Crippen LogP contribution in [0.2, 0.25) is 0 Å². The normalized spacial score (nSPS) is 27.5. The monoisotopic (exact) mass is 182 g/mol. The van der Waals surface area contributed by atoms with Gasteiger partial charge in [-0.25, -0.2) is 0 Å². The molecule has 1 unspecified atom stereocenters. The molecule has 13 heavy (non-hydrogen) atoms. The molecule has 76 valence electrons. The van der Waals surface area contributed by atoms with E-state index in [9.17, 15) is 0 Å². The highest BCUT2D eigenvalue weighted by Gasteiger charge is 2.27. The Bertz CT molecular complexity index is 148. The van der Waals surface area contributed by atoms with E-state index in [-0.39, 0.29) is 0 Å². The predicted molar refractivity (Wildman–Crippen MR) is 55.8 cm³/mol. The first-order valence-corrected chi connectivity index (χ1v) is 5.80. The highest BCUT2D eigenvalue weighted by atomic mass is 15.0. The maximum absolute atomic E-state index is 3.70. The maximum atomic E-state index is 3.70. The molecule has 1 atom stereocenters. The molecule has 0 aromatic rings. The number of hydrogen-bond donors (Lipinski definition) is 2. The number of rotatable bonds is 4. The Labute approximate surface area is 81.5 Å². The molecule has 0 radical (unpaired) electrons. The molecule has 1 aliphatic heterocycles. The lowest BCUT2D eigenvalue weighted by Gasteiger charge is -2.25. The minimum atomic E-state index is 0.794. The van der Waals surface area contributed by atoms with E-state index in [4.69, 9.17) is 0 Å². The van der Waals surface area contributed by atoms with Crippen molar-refractivity contribution in [3.05, 3.63) is 0 Å². The Morgan fingerprint density at radius 3 is 2.54 bits per heavy atom. The zero-order valence-electron chi connectivity index (χ0n) is 8.68. The molecule has 0 aromatic carbocycles. The summed E-state index contributed by atoms with van der Waals surface area (Å²) in [5.41, 5.74) is 0. The van der Waals surface area contributed by atoms with Gasteiger partial charge in [-0.05, 0) is 57.2 Å². The van der Waals surface area contributed by atoms with Gasteiger partial charge in [0.1, 0.15) is 0 Å². The first-order chi connectivity index (χ1) is 6.36. The largest absolute Gasteiger partial charge is 0.317 e. The zero-order chi connectivity index (χ0) is 9.10. The van der Waals surface area contributed by atoms with E-state index in [2.05, 4.69) is 17.6 Å². The molecule has 0 aromatic heterocycles. The van der Waals surface area contributed by atoms with Crippen LogP contribution in [0.1, 0.15) is 32.6 Å². The summed E-state index contributed by atoms with van der Waals surface area (Å²) < 4.78 is 0. The molecule has 2 heteroatoms. The van der Waals surface area contributed by atoms with Gasteiger partial charge in [-0.2, -0.15) is 0 Å². The highest BCUT2D eigenvalue weighted by molar-refractivity contribution is 4.82. The van der Waals surface area contributed by atoms with Crippen molar-refractivity contribution in [2.24, 2.45) is 11.8 Å². The molecule has 2 aliphatic rings. The Balaban J connectivity index is 1.60.